The Morgan fingerprint density at radius 3 is 0.822 bits per heavy atom. The summed E-state index contributed by atoms with van der Waals surface area (Å²) in [5.41, 5.74) is 26.4. The van der Waals surface area contributed by atoms with Gasteiger partial charge < -0.3 is 18.9 Å². The van der Waals surface area contributed by atoms with Crippen LogP contribution < -0.4 is 9.80 Å². The number of rotatable bonds is 13. The van der Waals surface area contributed by atoms with Crippen molar-refractivity contribution in [1.82, 2.24) is 9.13 Å². The van der Waals surface area contributed by atoms with E-state index in [1.165, 1.54) is 175 Å². The summed E-state index contributed by atoms with van der Waals surface area (Å²) in [5.74, 6) is 0. The number of para-hydroxylation sites is 2. The zero-order valence-corrected chi connectivity index (χ0v) is 66.4. The normalized spacial score (nSPS) is 11.8. The smallest absolute Gasteiger partial charge is 0.0497 e. The first-order valence-corrected chi connectivity index (χ1v) is 41.2. The van der Waals surface area contributed by atoms with Crippen molar-refractivity contribution in [3.8, 4) is 66.8 Å². The highest BCUT2D eigenvalue weighted by Crippen LogP contribution is 2.50. The molecule has 0 atom stereocenters. The average Bonchev–Trinajstić information content (AvgIpc) is 1.35. The summed E-state index contributed by atoms with van der Waals surface area (Å²) in [4.78, 5) is 4.82. The van der Waals surface area contributed by atoms with Crippen LogP contribution >= 0.6 is 0 Å². The molecule has 0 unspecified atom stereocenters. The van der Waals surface area contributed by atoms with Gasteiger partial charge in [0, 0.05) is 89.8 Å². The van der Waals surface area contributed by atoms with Crippen molar-refractivity contribution >= 4 is 142 Å². The maximum atomic E-state index is 2.48. The quantitative estimate of drug-likeness (QED) is 0.107. The van der Waals surface area contributed by atoms with Crippen molar-refractivity contribution in [3.05, 3.63) is 425 Å². The summed E-state index contributed by atoms with van der Waals surface area (Å²) in [5, 5.41) is 20.2. The molecule has 22 rings (SSSR count). The Balaban J connectivity index is 0.000000147. The van der Waals surface area contributed by atoms with E-state index in [2.05, 4.69) is 471 Å². The Morgan fingerprint density at radius 2 is 0.458 bits per heavy atom. The Bertz CT molecular complexity index is 7470. The Kier molecular flexibility index (Phi) is 17.8. The van der Waals surface area contributed by atoms with Crippen LogP contribution in [0.3, 0.4) is 0 Å². The number of aromatic nitrogens is 2. The van der Waals surface area contributed by atoms with Crippen molar-refractivity contribution in [3.63, 3.8) is 0 Å². The summed E-state index contributed by atoms with van der Waals surface area (Å²) in [6.45, 7) is 10.0. The van der Waals surface area contributed by atoms with Gasteiger partial charge in [-0.3, -0.25) is 0 Å². The van der Waals surface area contributed by atoms with E-state index in [9.17, 15) is 0 Å². The third-order valence-electron chi connectivity index (χ3n) is 24.2. The third-order valence-corrected chi connectivity index (χ3v) is 24.2. The summed E-state index contributed by atoms with van der Waals surface area (Å²) >= 11 is 0. The van der Waals surface area contributed by atoms with Gasteiger partial charge in [-0.2, -0.15) is 0 Å². The maximum Gasteiger partial charge on any atom is 0.0497 e. The molecule has 0 aliphatic heterocycles. The molecule has 22 aromatic rings. The SMILES string of the molecule is CC(C)(C)n1c2ccccc2c2cc(N(c3ccc(-c4cccc5ccccc45)cc3)c3ccc(-c4c5ccccc5c(-c5ccccc5)c5ccccc45)cc3)ccc21.CCn1c2ccccc2c2cc(N(c3ccc(-c4cccc5ccccc45)cc3)c3ccc(-c4c5ccccc5c(-c5ccccc5)c5ccccc45)cc3)ccc21. The van der Waals surface area contributed by atoms with Gasteiger partial charge in [0.25, 0.3) is 0 Å². The number of hydrogen-bond donors (Lipinski definition) is 0. The highest BCUT2D eigenvalue weighted by molar-refractivity contribution is 6.23. The van der Waals surface area contributed by atoms with E-state index in [4.69, 9.17) is 0 Å². The number of hydrogen-bond acceptors (Lipinski definition) is 2. The first kappa shape index (κ1) is 71.0. The molecule has 4 nitrogen and oxygen atoms in total. The second-order valence-corrected chi connectivity index (χ2v) is 32.0. The van der Waals surface area contributed by atoms with Gasteiger partial charge in [-0.25, -0.2) is 0 Å². The van der Waals surface area contributed by atoms with Crippen molar-refractivity contribution in [2.24, 2.45) is 0 Å². The summed E-state index contributed by atoms with van der Waals surface area (Å²) in [6.07, 6.45) is 0. The van der Waals surface area contributed by atoms with E-state index in [1.54, 1.807) is 0 Å². The Morgan fingerprint density at radius 1 is 0.203 bits per heavy atom. The largest absolute Gasteiger partial charge is 0.341 e. The minimum atomic E-state index is -0.0799. The molecule has 0 saturated heterocycles. The maximum absolute atomic E-state index is 2.48. The van der Waals surface area contributed by atoms with Gasteiger partial charge in [0.1, 0.15) is 0 Å². The molecule has 4 heteroatoms. The lowest BCUT2D eigenvalue weighted by Crippen LogP contribution is -2.21. The molecule has 0 bridgehead atoms. The molecule has 0 fully saturated rings. The molecule has 0 N–H and O–H groups in total. The molecule has 0 amide bonds. The molecule has 118 heavy (non-hydrogen) atoms. The highest BCUT2D eigenvalue weighted by Gasteiger charge is 2.26. The van der Waals surface area contributed by atoms with E-state index in [0.717, 1.165) is 40.7 Å². The lowest BCUT2D eigenvalue weighted by molar-refractivity contribution is 0.423. The minimum Gasteiger partial charge on any atom is -0.341 e. The predicted molar refractivity (Wildman–Crippen MR) is 507 cm³/mol. The van der Waals surface area contributed by atoms with E-state index in [0.29, 0.717) is 0 Å². The first-order chi connectivity index (χ1) is 58.2. The lowest BCUT2D eigenvalue weighted by Gasteiger charge is -2.27. The Labute approximate surface area is 687 Å². The van der Waals surface area contributed by atoms with Crippen LogP contribution in [0.15, 0.2) is 425 Å². The van der Waals surface area contributed by atoms with E-state index in [-0.39, 0.29) is 5.54 Å². The molecule has 0 spiro atoms. The zero-order valence-electron chi connectivity index (χ0n) is 66.4. The molecule has 0 saturated carbocycles. The van der Waals surface area contributed by atoms with Gasteiger partial charge in [-0.05, 0) is 256 Å². The fourth-order valence-electron chi connectivity index (χ4n) is 19.0. The molecule has 0 aliphatic carbocycles. The van der Waals surface area contributed by atoms with Crippen molar-refractivity contribution in [2.75, 3.05) is 9.80 Å². The molecular weight excluding hydrogens is 1430 g/mol. The van der Waals surface area contributed by atoms with Crippen molar-refractivity contribution in [2.45, 2.75) is 39.8 Å². The zero-order chi connectivity index (χ0) is 79.0. The predicted octanol–water partition coefficient (Wildman–Crippen LogP) is 32.2. The van der Waals surface area contributed by atoms with E-state index >= 15 is 0 Å². The van der Waals surface area contributed by atoms with Crippen LogP contribution in [-0.4, -0.2) is 9.13 Å². The second kappa shape index (κ2) is 29.5. The fourth-order valence-corrected chi connectivity index (χ4v) is 19.0. The summed E-state index contributed by atoms with van der Waals surface area (Å²) in [7, 11) is 0. The molecule has 0 aliphatic rings. The molecule has 560 valence electrons. The third kappa shape index (κ3) is 12.3. The molecule has 0 radical (unpaired) electrons. The lowest BCUT2D eigenvalue weighted by atomic mass is 9.86. The van der Waals surface area contributed by atoms with Crippen LogP contribution in [0.4, 0.5) is 34.1 Å². The standard InChI is InChI=1S/C58H44N2.C56H40N2/c1-58(2,3)60-54-27-14-13-21-48(54)53-38-45(36-37-55(53)60)59(43-32-28-40(29-33-43)47-26-15-19-39-16-7-8-20-46(39)47)44-34-30-42(31-35-44)57-51-24-11-9-22-49(51)56(41-17-5-4-6-18-41)50-23-10-12-25-52(50)57;1-2-57-53-26-13-12-20-47(53)52-37-44(35-36-54(52)57)58(42-31-27-39(28-32-42)46-25-14-18-38-15-6-7-19-45(38)46)43-33-29-41(30-34-43)56-50-23-10-8-21-48(50)55(40-16-4-3-5-17-40)49-22-9-11-24-51(49)56/h4-38H,1-3H3;3-37H,2H2,1H3. The molecule has 20 aromatic carbocycles. The molecule has 2 heterocycles. The van der Waals surface area contributed by atoms with Crippen LogP contribution in [0.25, 0.3) is 175 Å². The number of anilines is 6. The van der Waals surface area contributed by atoms with Crippen LogP contribution in [0.1, 0.15) is 27.7 Å². The monoisotopic (exact) mass is 1510 g/mol. The molecule has 2 aromatic heterocycles. The molecular formula is C114H84N4. The van der Waals surface area contributed by atoms with Gasteiger partial charge >= 0.3 is 0 Å². The van der Waals surface area contributed by atoms with Crippen LogP contribution in [0, 0.1) is 0 Å². The number of nitrogens with zero attached hydrogens (tertiary/aromatic N) is 4. The van der Waals surface area contributed by atoms with Crippen LogP contribution in [-0.2, 0) is 12.1 Å². The van der Waals surface area contributed by atoms with Crippen LogP contribution in [0.2, 0.25) is 0 Å². The number of benzene rings is 20. The minimum absolute atomic E-state index is 0.0799. The van der Waals surface area contributed by atoms with Crippen molar-refractivity contribution in [1.29, 1.82) is 0 Å². The van der Waals surface area contributed by atoms with E-state index in [1.807, 2.05) is 0 Å². The first-order valence-electron chi connectivity index (χ1n) is 41.2. The number of fused-ring (bicyclic) bond motifs is 12. The second-order valence-electron chi connectivity index (χ2n) is 32.0. The van der Waals surface area contributed by atoms with E-state index < -0.39 is 0 Å². The topological polar surface area (TPSA) is 16.3 Å². The van der Waals surface area contributed by atoms with Crippen molar-refractivity contribution < 1.29 is 0 Å². The Hall–Kier alpha value is -14.8. The van der Waals surface area contributed by atoms with Gasteiger partial charge in [0.05, 0.1) is 0 Å². The van der Waals surface area contributed by atoms with Gasteiger partial charge in [-0.1, -0.05) is 328 Å². The average molecular weight is 1510 g/mol. The van der Waals surface area contributed by atoms with Gasteiger partial charge in [-0.15, -0.1) is 0 Å². The number of aryl methyl sites for hydroxylation is 1. The highest BCUT2D eigenvalue weighted by atomic mass is 15.2. The summed E-state index contributed by atoms with van der Waals surface area (Å²) < 4.78 is 4.90. The van der Waals surface area contributed by atoms with Crippen LogP contribution in [0.5, 0.6) is 0 Å². The summed E-state index contributed by atoms with van der Waals surface area (Å²) in [6, 6.07) is 156. The van der Waals surface area contributed by atoms with Gasteiger partial charge in [0.15, 0.2) is 0 Å². The van der Waals surface area contributed by atoms with Gasteiger partial charge in [0.2, 0.25) is 0 Å². The fraction of sp³-hybridized carbons (Fsp3) is 0.0526.